The zero-order valence-electron chi connectivity index (χ0n) is 42.1. The summed E-state index contributed by atoms with van der Waals surface area (Å²) >= 11 is 1.43. The van der Waals surface area contributed by atoms with E-state index >= 15 is 0 Å². The number of anilines is 2. The van der Waals surface area contributed by atoms with Crippen LogP contribution in [0.5, 0.6) is 0 Å². The second kappa shape index (κ2) is 18.1. The van der Waals surface area contributed by atoms with Crippen molar-refractivity contribution in [1.29, 1.82) is 0 Å². The molecule has 4 heterocycles. The summed E-state index contributed by atoms with van der Waals surface area (Å²) in [5, 5.41) is 19.1. The molecule has 3 aromatic heterocycles. The maximum Gasteiger partial charge on any atom is 0.410 e. The van der Waals surface area contributed by atoms with E-state index in [4.69, 9.17) is 24.3 Å². The molecule has 5 aliphatic rings. The number of thiazole rings is 1. The van der Waals surface area contributed by atoms with Crippen LogP contribution in [0.2, 0.25) is 0 Å². The number of aromatic nitrogens is 4. The second-order valence-electron chi connectivity index (χ2n) is 23.2. The molecule has 4 bridgehead atoms. The molecule has 5 aromatic rings. The van der Waals surface area contributed by atoms with Gasteiger partial charge in [-0.2, -0.15) is 5.10 Å². The smallest absolute Gasteiger partial charge is 0.410 e. The van der Waals surface area contributed by atoms with Crippen LogP contribution in [0.25, 0.3) is 32.6 Å². The Balaban J connectivity index is 0.922. The summed E-state index contributed by atoms with van der Waals surface area (Å²) in [7, 11) is 0. The highest BCUT2D eigenvalue weighted by atomic mass is 32.1. The number of hydrogen-bond donors (Lipinski definition) is 2. The number of esters is 1. The van der Waals surface area contributed by atoms with Crippen LogP contribution in [0, 0.1) is 23.2 Å². The number of aromatic carboxylic acids is 1. The molecule has 70 heavy (non-hydrogen) atoms. The van der Waals surface area contributed by atoms with Crippen molar-refractivity contribution >= 4 is 56.4 Å². The van der Waals surface area contributed by atoms with Crippen LogP contribution in [0.4, 0.5) is 20.4 Å². The third-order valence-corrected chi connectivity index (χ3v) is 15.3. The molecule has 2 N–H and O–H groups in total. The number of nitrogens with one attached hydrogen (secondary N) is 1. The van der Waals surface area contributed by atoms with Crippen LogP contribution in [0.15, 0.2) is 60.8 Å². The van der Waals surface area contributed by atoms with E-state index in [9.17, 15) is 24.3 Å². The number of amides is 3. The number of carboxylic acid groups (broad SMARTS) is 1. The molecule has 2 aromatic carbocycles. The van der Waals surface area contributed by atoms with Gasteiger partial charge in [0.25, 0.3) is 0 Å². The predicted octanol–water partition coefficient (Wildman–Crippen LogP) is 11.3. The Morgan fingerprint density at radius 1 is 0.857 bits per heavy atom. The lowest BCUT2D eigenvalue weighted by molar-refractivity contribution is -0.248. The number of carboxylic acids is 1. The van der Waals surface area contributed by atoms with Crippen molar-refractivity contribution in [1.82, 2.24) is 24.6 Å². The molecule has 15 nitrogen and oxygen atoms in total. The number of urea groups is 1. The van der Waals surface area contributed by atoms with E-state index in [1.54, 1.807) is 16.0 Å². The van der Waals surface area contributed by atoms with E-state index in [0.29, 0.717) is 47.2 Å². The number of rotatable bonds is 13. The zero-order chi connectivity index (χ0) is 50.0. The number of carbonyl (C=O) groups excluding carboxylic acids is 3. The van der Waals surface area contributed by atoms with E-state index < -0.39 is 28.9 Å². The summed E-state index contributed by atoms with van der Waals surface area (Å²) in [5.41, 5.74) is 4.02. The number of pyridine rings is 1. The Morgan fingerprint density at radius 3 is 2.29 bits per heavy atom. The highest BCUT2D eigenvalue weighted by Gasteiger charge is 2.66. The normalized spacial score (nSPS) is 23.8. The molecule has 4 aliphatic carbocycles. The van der Waals surface area contributed by atoms with Crippen LogP contribution in [-0.4, -0.2) is 96.9 Å². The molecule has 16 heteroatoms. The Hall–Kier alpha value is -5.87. The summed E-state index contributed by atoms with van der Waals surface area (Å²) in [4.78, 5) is 65.5. The topological polar surface area (TPSA) is 178 Å². The molecule has 0 radical (unpaired) electrons. The SMILES string of the molecule is Cc1c(-c2ccc(-c3ccc4c(c3)N(C(=O)Nc3nc5ccccc5s3)CCC4)nc2C(=O)O)cnn1CC12CC3(C)CC(C)(C1)CC(OCCN(CCC(=O)OC(C)(C)C)C(=O)OC(C)(C)C)(C3)C2. The molecular weight excluding hydrogens is 907 g/mol. The van der Waals surface area contributed by atoms with Gasteiger partial charge in [0.2, 0.25) is 0 Å². The lowest BCUT2D eigenvalue weighted by atomic mass is 9.39. The Bertz CT molecular complexity index is 2810. The van der Waals surface area contributed by atoms with E-state index in [1.165, 1.54) is 11.3 Å². The highest BCUT2D eigenvalue weighted by molar-refractivity contribution is 7.22. The first-order valence-corrected chi connectivity index (χ1v) is 25.4. The third kappa shape index (κ3) is 10.4. The van der Waals surface area contributed by atoms with Crippen molar-refractivity contribution in [3.8, 4) is 22.4 Å². The van der Waals surface area contributed by atoms with Crippen LogP contribution in [0.1, 0.15) is 129 Å². The van der Waals surface area contributed by atoms with E-state index in [2.05, 4.69) is 24.1 Å². The first kappa shape index (κ1) is 49.1. The fraction of sp³-hybridized carbons (Fsp3) is 0.537. The van der Waals surface area contributed by atoms with Gasteiger partial charge in [-0.05, 0) is 152 Å². The van der Waals surface area contributed by atoms with E-state index in [1.807, 2.05) is 108 Å². The zero-order valence-corrected chi connectivity index (χ0v) is 42.9. The maximum absolute atomic E-state index is 13.7. The van der Waals surface area contributed by atoms with Gasteiger partial charge in [-0.25, -0.2) is 24.4 Å². The first-order chi connectivity index (χ1) is 32.9. The fourth-order valence-corrected chi connectivity index (χ4v) is 13.8. The molecule has 4 saturated carbocycles. The molecule has 1 aliphatic heterocycles. The number of ether oxygens (including phenoxy) is 3. The number of benzene rings is 2. The van der Waals surface area contributed by atoms with Crippen molar-refractivity contribution in [2.45, 2.75) is 143 Å². The van der Waals surface area contributed by atoms with E-state index in [-0.39, 0.29) is 53.4 Å². The highest BCUT2D eigenvalue weighted by Crippen LogP contribution is 2.72. The van der Waals surface area contributed by atoms with Gasteiger partial charge in [0.1, 0.15) is 11.2 Å². The maximum atomic E-state index is 13.7. The van der Waals surface area contributed by atoms with Gasteiger partial charge >= 0.3 is 24.1 Å². The summed E-state index contributed by atoms with van der Waals surface area (Å²) in [6.07, 6.45) is 8.77. The lowest BCUT2D eigenvalue weighted by Gasteiger charge is -2.69. The lowest BCUT2D eigenvalue weighted by Crippen LogP contribution is -2.64. The first-order valence-electron chi connectivity index (χ1n) is 24.6. The van der Waals surface area contributed by atoms with Gasteiger partial charge in [0, 0.05) is 54.3 Å². The molecule has 3 amide bonds. The van der Waals surface area contributed by atoms with Gasteiger partial charge < -0.3 is 24.2 Å². The number of carbonyl (C=O) groups is 4. The van der Waals surface area contributed by atoms with Crippen molar-refractivity contribution in [2.24, 2.45) is 16.2 Å². The summed E-state index contributed by atoms with van der Waals surface area (Å²) in [6.45, 7) is 19.6. The Labute approximate surface area is 414 Å². The van der Waals surface area contributed by atoms with Crippen molar-refractivity contribution < 1.29 is 38.5 Å². The molecule has 372 valence electrons. The second-order valence-corrected chi connectivity index (χ2v) is 24.3. The number of aryl methyl sites for hydroxylation is 1. The standard InChI is InChI=1S/C54H67N7O8S/c1-34-38(37-18-19-39(56-44(37)45(63)64)36-17-16-35-13-12-21-60(41(35)25-36)47(65)58-46-57-40-14-10-11-15-42(40)70-46)26-55-61(34)33-53-28-51(8)27-52(9,29-53)31-54(30-51,32-53)67-24-23-59(48(66)69-50(5,6)7)22-20-43(62)68-49(2,3)4/h10-11,14-19,25-26H,12-13,20-24,27-33H2,1-9H3,(H,63,64)(H,57,58,65). The molecule has 0 spiro atoms. The number of fused-ring (bicyclic) bond motifs is 2. The minimum atomic E-state index is -1.14. The number of hydrogen-bond acceptors (Lipinski definition) is 11. The molecule has 4 fully saturated rings. The summed E-state index contributed by atoms with van der Waals surface area (Å²) in [5.74, 6) is -1.52. The van der Waals surface area contributed by atoms with Crippen LogP contribution < -0.4 is 10.2 Å². The molecule has 10 rings (SSSR count). The van der Waals surface area contributed by atoms with Crippen LogP contribution in [-0.2, 0) is 32.0 Å². The van der Waals surface area contributed by atoms with Crippen molar-refractivity contribution in [3.63, 3.8) is 0 Å². The monoisotopic (exact) mass is 973 g/mol. The Kier molecular flexibility index (Phi) is 12.7. The van der Waals surface area contributed by atoms with Crippen molar-refractivity contribution in [3.05, 3.63) is 77.7 Å². The third-order valence-electron chi connectivity index (χ3n) is 14.3. The summed E-state index contributed by atoms with van der Waals surface area (Å²) < 4.78 is 21.3. The Morgan fingerprint density at radius 2 is 1.59 bits per heavy atom. The molecule has 2 atom stereocenters. The molecule has 0 saturated heterocycles. The molecule has 2 unspecified atom stereocenters. The van der Waals surface area contributed by atoms with Gasteiger partial charge in [0.15, 0.2) is 10.8 Å². The minimum absolute atomic E-state index is 0.0408. The van der Waals surface area contributed by atoms with Gasteiger partial charge in [-0.1, -0.05) is 49.4 Å². The number of para-hydroxylation sites is 1. The minimum Gasteiger partial charge on any atom is -0.476 e. The van der Waals surface area contributed by atoms with Crippen molar-refractivity contribution in [2.75, 3.05) is 36.5 Å². The summed E-state index contributed by atoms with van der Waals surface area (Å²) in [6, 6.07) is 17.0. The van der Waals surface area contributed by atoms with E-state index in [0.717, 1.165) is 78.5 Å². The van der Waals surface area contributed by atoms with Gasteiger partial charge in [-0.15, -0.1) is 0 Å². The average Bonchev–Trinajstić information content (AvgIpc) is 3.82. The van der Waals surface area contributed by atoms with Gasteiger partial charge in [-0.3, -0.25) is 19.7 Å². The average molecular weight is 974 g/mol. The van der Waals surface area contributed by atoms with Crippen LogP contribution >= 0.6 is 11.3 Å². The number of nitrogens with zero attached hydrogens (tertiary/aromatic N) is 6. The quantitative estimate of drug-likeness (QED) is 0.107. The van der Waals surface area contributed by atoms with Crippen LogP contribution in [0.3, 0.4) is 0 Å². The predicted molar refractivity (Wildman–Crippen MR) is 270 cm³/mol. The fourth-order valence-electron chi connectivity index (χ4n) is 13.0. The van der Waals surface area contributed by atoms with Gasteiger partial charge in [0.05, 0.1) is 40.7 Å². The largest absolute Gasteiger partial charge is 0.476 e. The molecular formula is C54H67N7O8S.